The maximum atomic E-state index is 12.2. The van der Waals surface area contributed by atoms with E-state index in [4.69, 9.17) is 25.6 Å². The predicted octanol–water partition coefficient (Wildman–Crippen LogP) is 4.14. The van der Waals surface area contributed by atoms with Gasteiger partial charge in [0.05, 0.1) is 32.0 Å². The van der Waals surface area contributed by atoms with E-state index >= 15 is 0 Å². The maximum absolute atomic E-state index is 12.2. The van der Waals surface area contributed by atoms with Crippen molar-refractivity contribution >= 4 is 42.6 Å². The number of esters is 2. The van der Waals surface area contributed by atoms with Gasteiger partial charge in [0.1, 0.15) is 11.5 Å². The van der Waals surface area contributed by atoms with Crippen LogP contribution in [0.25, 0.3) is 0 Å². The summed E-state index contributed by atoms with van der Waals surface area (Å²) in [7, 11) is 0.881. The van der Waals surface area contributed by atoms with E-state index in [0.717, 1.165) is 5.56 Å². The lowest BCUT2D eigenvalue weighted by molar-refractivity contribution is 0.0599. The third kappa shape index (κ3) is 8.44. The molecule has 12 heteroatoms. The quantitative estimate of drug-likeness (QED) is 0.227. The Kier molecular flexibility index (Phi) is 9.76. The molecule has 0 heterocycles. The number of hydrogen-bond acceptors (Lipinski definition) is 9. The van der Waals surface area contributed by atoms with Gasteiger partial charge in [-0.15, -0.1) is 0 Å². The molecule has 37 heavy (non-hydrogen) atoms. The Morgan fingerprint density at radius 2 is 1.35 bits per heavy atom. The standard InChI is InChI=1S/C25H23BClNO9/c1-33-23(29)17-13-18(24(30)34-2)15-20(14-17)28-25(31)35-12-11-16-3-7-21(8-4-16)36-26(32)37-22-9-5-19(27)6-10-22/h3-10,13-15,32H,11-12H2,1-2H3,(H,28,31). The first-order valence-electron chi connectivity index (χ1n) is 10.9. The summed E-state index contributed by atoms with van der Waals surface area (Å²) in [6, 6.07) is 17.2. The highest BCUT2D eigenvalue weighted by atomic mass is 35.5. The van der Waals surface area contributed by atoms with Crippen molar-refractivity contribution < 1.29 is 42.9 Å². The number of halogens is 1. The first kappa shape index (κ1) is 27.4. The second-order valence-corrected chi connectivity index (χ2v) is 7.87. The SMILES string of the molecule is COC(=O)c1cc(NC(=O)OCCc2ccc(OB(O)Oc3ccc(Cl)cc3)cc2)cc(C(=O)OC)c1. The smallest absolute Gasteiger partial charge is 0.501 e. The van der Waals surface area contributed by atoms with Gasteiger partial charge in [-0.25, -0.2) is 14.4 Å². The molecule has 3 aromatic rings. The number of hydrogen-bond donors (Lipinski definition) is 2. The fourth-order valence-electron chi connectivity index (χ4n) is 3.09. The molecule has 0 aliphatic heterocycles. The summed E-state index contributed by atoms with van der Waals surface area (Å²) in [5.41, 5.74) is 1.13. The summed E-state index contributed by atoms with van der Waals surface area (Å²) in [4.78, 5) is 35.9. The summed E-state index contributed by atoms with van der Waals surface area (Å²) < 4.78 is 25.1. The number of methoxy groups -OCH3 is 2. The number of ether oxygens (including phenoxy) is 3. The minimum absolute atomic E-state index is 0.0505. The van der Waals surface area contributed by atoms with E-state index in [2.05, 4.69) is 14.8 Å². The third-order valence-electron chi connectivity index (χ3n) is 4.86. The van der Waals surface area contributed by atoms with Crippen LogP contribution in [-0.4, -0.2) is 51.2 Å². The Morgan fingerprint density at radius 3 is 1.86 bits per heavy atom. The number of benzene rings is 3. The number of carbonyl (C=O) groups is 3. The van der Waals surface area contributed by atoms with Crippen LogP contribution in [0.2, 0.25) is 5.02 Å². The minimum Gasteiger partial charge on any atom is -0.501 e. The largest absolute Gasteiger partial charge is 0.785 e. The molecular weight excluding hydrogens is 505 g/mol. The van der Waals surface area contributed by atoms with Gasteiger partial charge in [0.15, 0.2) is 0 Å². The molecule has 0 saturated carbocycles. The van der Waals surface area contributed by atoms with Crippen molar-refractivity contribution in [2.75, 3.05) is 26.1 Å². The third-order valence-corrected chi connectivity index (χ3v) is 5.11. The number of carbonyl (C=O) groups excluding carboxylic acids is 3. The van der Waals surface area contributed by atoms with E-state index in [1.807, 2.05) is 0 Å². The van der Waals surface area contributed by atoms with Crippen LogP contribution in [0.5, 0.6) is 11.5 Å². The molecule has 0 aromatic heterocycles. The van der Waals surface area contributed by atoms with Gasteiger partial charge < -0.3 is 28.5 Å². The van der Waals surface area contributed by atoms with Crippen LogP contribution in [0, 0.1) is 0 Å². The first-order valence-corrected chi connectivity index (χ1v) is 11.3. The van der Waals surface area contributed by atoms with Crippen LogP contribution in [0.15, 0.2) is 66.7 Å². The zero-order chi connectivity index (χ0) is 26.8. The lowest BCUT2D eigenvalue weighted by Crippen LogP contribution is -2.29. The molecule has 3 rings (SSSR count). The predicted molar refractivity (Wildman–Crippen MR) is 135 cm³/mol. The molecule has 0 spiro atoms. The average Bonchev–Trinajstić information content (AvgIpc) is 2.89. The van der Waals surface area contributed by atoms with Gasteiger partial charge in [-0.2, -0.15) is 0 Å². The van der Waals surface area contributed by atoms with Crippen molar-refractivity contribution in [2.45, 2.75) is 6.42 Å². The fraction of sp³-hybridized carbons (Fsp3) is 0.160. The molecule has 0 aliphatic carbocycles. The van der Waals surface area contributed by atoms with Crippen LogP contribution in [0.1, 0.15) is 26.3 Å². The van der Waals surface area contributed by atoms with E-state index in [1.54, 1.807) is 48.5 Å². The Balaban J connectivity index is 1.48. The van der Waals surface area contributed by atoms with Crippen molar-refractivity contribution in [2.24, 2.45) is 0 Å². The highest BCUT2D eigenvalue weighted by Crippen LogP contribution is 2.19. The van der Waals surface area contributed by atoms with Gasteiger partial charge in [-0.05, 0) is 60.2 Å². The van der Waals surface area contributed by atoms with Gasteiger partial charge in [-0.1, -0.05) is 23.7 Å². The molecule has 3 aromatic carbocycles. The molecule has 0 bridgehead atoms. The van der Waals surface area contributed by atoms with E-state index in [-0.39, 0.29) is 23.4 Å². The van der Waals surface area contributed by atoms with Crippen molar-refractivity contribution in [1.82, 2.24) is 0 Å². The molecule has 0 saturated heterocycles. The van der Waals surface area contributed by atoms with Crippen molar-refractivity contribution in [3.05, 3.63) is 88.4 Å². The van der Waals surface area contributed by atoms with Crippen LogP contribution < -0.4 is 14.6 Å². The van der Waals surface area contributed by atoms with E-state index < -0.39 is 25.4 Å². The lowest BCUT2D eigenvalue weighted by atomic mass is 10.1. The Labute approximate surface area is 218 Å². The number of amides is 1. The second kappa shape index (κ2) is 13.2. The molecule has 0 fully saturated rings. The monoisotopic (exact) mass is 527 g/mol. The van der Waals surface area contributed by atoms with Gasteiger partial charge in [-0.3, -0.25) is 5.32 Å². The van der Waals surface area contributed by atoms with Crippen LogP contribution in [0.4, 0.5) is 10.5 Å². The molecule has 10 nitrogen and oxygen atoms in total. The van der Waals surface area contributed by atoms with E-state index in [0.29, 0.717) is 22.9 Å². The topological polar surface area (TPSA) is 130 Å². The van der Waals surface area contributed by atoms with Gasteiger partial charge in [0.2, 0.25) is 0 Å². The van der Waals surface area contributed by atoms with Crippen LogP contribution in [0.3, 0.4) is 0 Å². The highest BCUT2D eigenvalue weighted by Gasteiger charge is 2.21. The average molecular weight is 528 g/mol. The molecular formula is C25H23BClNO9. The van der Waals surface area contributed by atoms with Gasteiger partial charge in [0, 0.05) is 17.1 Å². The van der Waals surface area contributed by atoms with E-state index in [1.165, 1.54) is 32.4 Å². The molecule has 192 valence electrons. The first-order chi connectivity index (χ1) is 17.8. The Hall–Kier alpha value is -4.22. The molecule has 1 amide bonds. The second-order valence-electron chi connectivity index (χ2n) is 7.43. The molecule has 2 N–H and O–H groups in total. The van der Waals surface area contributed by atoms with Crippen molar-refractivity contribution in [1.29, 1.82) is 0 Å². The normalized spacial score (nSPS) is 10.2. The molecule has 0 aliphatic rings. The number of nitrogens with one attached hydrogen (secondary N) is 1. The lowest BCUT2D eigenvalue weighted by Gasteiger charge is -2.12. The van der Waals surface area contributed by atoms with Gasteiger partial charge in [0.25, 0.3) is 0 Å². The van der Waals surface area contributed by atoms with Crippen molar-refractivity contribution in [3.8, 4) is 11.5 Å². The van der Waals surface area contributed by atoms with Crippen molar-refractivity contribution in [3.63, 3.8) is 0 Å². The number of rotatable bonds is 10. The minimum atomic E-state index is -1.52. The van der Waals surface area contributed by atoms with E-state index in [9.17, 15) is 19.4 Å². The van der Waals surface area contributed by atoms with Gasteiger partial charge >= 0.3 is 25.4 Å². The summed E-state index contributed by atoms with van der Waals surface area (Å²) in [5, 5.41) is 13.0. The fourth-order valence-corrected chi connectivity index (χ4v) is 3.22. The summed E-state index contributed by atoms with van der Waals surface area (Å²) >= 11 is 5.81. The van der Waals surface area contributed by atoms with Crippen LogP contribution >= 0.6 is 11.6 Å². The highest BCUT2D eigenvalue weighted by molar-refractivity contribution is 6.36. The molecule has 0 atom stereocenters. The zero-order valence-electron chi connectivity index (χ0n) is 19.9. The molecule has 0 unspecified atom stereocenters. The van der Waals surface area contributed by atoms with Crippen LogP contribution in [-0.2, 0) is 20.6 Å². The summed E-state index contributed by atoms with van der Waals surface area (Å²) in [6.07, 6.45) is -0.382. The molecule has 0 radical (unpaired) electrons. The Morgan fingerprint density at radius 1 is 0.838 bits per heavy atom. The Bertz CT molecular complexity index is 1200. The summed E-state index contributed by atoms with van der Waals surface area (Å²) in [5.74, 6) is -0.601. The zero-order valence-corrected chi connectivity index (χ0v) is 20.7. The maximum Gasteiger partial charge on any atom is 0.785 e. The summed E-state index contributed by atoms with van der Waals surface area (Å²) in [6.45, 7) is 0.0505. The number of anilines is 1.